The summed E-state index contributed by atoms with van der Waals surface area (Å²) in [7, 11) is 0. The third-order valence-electron chi connectivity index (χ3n) is 2.92. The number of hydrogen-bond acceptors (Lipinski definition) is 3. The van der Waals surface area contributed by atoms with Crippen LogP contribution in [0.25, 0.3) is 0 Å². The standard InChI is InChI=1S/C12H24N2O2.ClH/c1-9(2)6-11(7-13)14-12(15)10-4-3-5-16-8-10;/h9-11H,3-8,13H2,1-2H3,(H,14,15);1H. The SMILES string of the molecule is CC(C)CC(CN)NC(=O)C1CCCOC1.Cl. The topological polar surface area (TPSA) is 64.3 Å². The Bertz CT molecular complexity index is 219. The number of nitrogens with one attached hydrogen (secondary N) is 1. The summed E-state index contributed by atoms with van der Waals surface area (Å²) in [4.78, 5) is 11.9. The van der Waals surface area contributed by atoms with Crippen LogP contribution in [0.3, 0.4) is 0 Å². The second kappa shape index (κ2) is 8.72. The number of hydrogen-bond donors (Lipinski definition) is 2. The molecule has 0 aromatic rings. The molecule has 102 valence electrons. The van der Waals surface area contributed by atoms with E-state index < -0.39 is 0 Å². The molecule has 2 unspecified atom stereocenters. The molecule has 0 saturated carbocycles. The Morgan fingerprint density at radius 2 is 2.24 bits per heavy atom. The van der Waals surface area contributed by atoms with Crippen LogP contribution in [-0.2, 0) is 9.53 Å². The molecule has 4 nitrogen and oxygen atoms in total. The van der Waals surface area contributed by atoms with E-state index in [1.807, 2.05) is 0 Å². The Hall–Kier alpha value is -0.320. The lowest BCUT2D eigenvalue weighted by atomic mass is 9.99. The Morgan fingerprint density at radius 1 is 1.53 bits per heavy atom. The van der Waals surface area contributed by atoms with Crippen LogP contribution in [0.2, 0.25) is 0 Å². The normalized spacial score (nSPS) is 21.8. The summed E-state index contributed by atoms with van der Waals surface area (Å²) in [6.07, 6.45) is 2.86. The van der Waals surface area contributed by atoms with Crippen LogP contribution in [0.1, 0.15) is 33.1 Å². The summed E-state index contributed by atoms with van der Waals surface area (Å²) in [5.74, 6) is 0.683. The van der Waals surface area contributed by atoms with Gasteiger partial charge < -0.3 is 15.8 Å². The van der Waals surface area contributed by atoms with E-state index in [2.05, 4.69) is 19.2 Å². The fourth-order valence-electron chi connectivity index (χ4n) is 2.05. The fraction of sp³-hybridized carbons (Fsp3) is 0.917. The Morgan fingerprint density at radius 3 is 2.71 bits per heavy atom. The van der Waals surface area contributed by atoms with Crippen molar-refractivity contribution < 1.29 is 9.53 Å². The van der Waals surface area contributed by atoms with Gasteiger partial charge in [0.25, 0.3) is 0 Å². The highest BCUT2D eigenvalue weighted by atomic mass is 35.5. The van der Waals surface area contributed by atoms with Gasteiger partial charge in [-0.25, -0.2) is 0 Å². The molecule has 0 aromatic carbocycles. The molecule has 3 N–H and O–H groups in total. The van der Waals surface area contributed by atoms with Gasteiger partial charge in [-0.2, -0.15) is 0 Å². The highest BCUT2D eigenvalue weighted by molar-refractivity contribution is 5.85. The second-order valence-corrected chi connectivity index (χ2v) is 4.98. The van der Waals surface area contributed by atoms with Crippen molar-refractivity contribution >= 4 is 18.3 Å². The molecule has 0 spiro atoms. The molecule has 2 atom stereocenters. The van der Waals surface area contributed by atoms with Crippen molar-refractivity contribution in [2.45, 2.75) is 39.2 Å². The van der Waals surface area contributed by atoms with Crippen LogP contribution in [0.4, 0.5) is 0 Å². The summed E-state index contributed by atoms with van der Waals surface area (Å²) in [5.41, 5.74) is 5.65. The average molecular weight is 265 g/mol. The van der Waals surface area contributed by atoms with Crippen LogP contribution in [-0.4, -0.2) is 31.7 Å². The molecule has 0 bridgehead atoms. The number of ether oxygens (including phenoxy) is 1. The molecule has 17 heavy (non-hydrogen) atoms. The van der Waals surface area contributed by atoms with E-state index in [1.165, 1.54) is 0 Å². The van der Waals surface area contributed by atoms with Gasteiger partial charge in [0.1, 0.15) is 0 Å². The summed E-state index contributed by atoms with van der Waals surface area (Å²) >= 11 is 0. The largest absolute Gasteiger partial charge is 0.381 e. The van der Waals surface area contributed by atoms with E-state index in [-0.39, 0.29) is 30.3 Å². The maximum Gasteiger partial charge on any atom is 0.225 e. The third kappa shape index (κ3) is 6.24. The van der Waals surface area contributed by atoms with Crippen molar-refractivity contribution in [3.8, 4) is 0 Å². The van der Waals surface area contributed by atoms with Crippen LogP contribution < -0.4 is 11.1 Å². The van der Waals surface area contributed by atoms with E-state index in [4.69, 9.17) is 10.5 Å². The fourth-order valence-corrected chi connectivity index (χ4v) is 2.05. The third-order valence-corrected chi connectivity index (χ3v) is 2.92. The van der Waals surface area contributed by atoms with Gasteiger partial charge in [-0.05, 0) is 25.2 Å². The van der Waals surface area contributed by atoms with Gasteiger partial charge in [0.05, 0.1) is 12.5 Å². The summed E-state index contributed by atoms with van der Waals surface area (Å²) in [6, 6.07) is 0.106. The monoisotopic (exact) mass is 264 g/mol. The number of carbonyl (C=O) groups is 1. The zero-order valence-electron chi connectivity index (χ0n) is 10.8. The van der Waals surface area contributed by atoms with Crippen molar-refractivity contribution in [1.82, 2.24) is 5.32 Å². The van der Waals surface area contributed by atoms with Crippen LogP contribution in [0, 0.1) is 11.8 Å². The molecule has 0 aromatic heterocycles. The smallest absolute Gasteiger partial charge is 0.225 e. The molecule has 0 radical (unpaired) electrons. The Balaban J connectivity index is 0.00000256. The number of halogens is 1. The summed E-state index contributed by atoms with van der Waals surface area (Å²) in [5, 5.41) is 3.02. The van der Waals surface area contributed by atoms with Crippen molar-refractivity contribution in [3.05, 3.63) is 0 Å². The molecular formula is C12H25ClN2O2. The maximum atomic E-state index is 11.9. The molecular weight excluding hydrogens is 240 g/mol. The first kappa shape index (κ1) is 16.7. The van der Waals surface area contributed by atoms with E-state index in [9.17, 15) is 4.79 Å². The molecule has 1 aliphatic rings. The average Bonchev–Trinajstić information content (AvgIpc) is 2.28. The molecule has 1 fully saturated rings. The highest BCUT2D eigenvalue weighted by Crippen LogP contribution is 2.14. The van der Waals surface area contributed by atoms with Crippen molar-refractivity contribution in [2.75, 3.05) is 19.8 Å². The van der Waals surface area contributed by atoms with Gasteiger partial charge in [0.15, 0.2) is 0 Å². The minimum absolute atomic E-state index is 0. The van der Waals surface area contributed by atoms with Gasteiger partial charge in [-0.1, -0.05) is 13.8 Å². The van der Waals surface area contributed by atoms with E-state index >= 15 is 0 Å². The molecule has 1 amide bonds. The quantitative estimate of drug-likeness (QED) is 0.787. The predicted molar refractivity (Wildman–Crippen MR) is 71.2 cm³/mol. The Labute approximate surface area is 110 Å². The number of amides is 1. The van der Waals surface area contributed by atoms with Crippen molar-refractivity contribution in [1.29, 1.82) is 0 Å². The van der Waals surface area contributed by atoms with Crippen LogP contribution >= 0.6 is 12.4 Å². The first-order valence-corrected chi connectivity index (χ1v) is 6.21. The number of carbonyl (C=O) groups excluding carboxylic acids is 1. The van der Waals surface area contributed by atoms with Gasteiger partial charge in [-0.3, -0.25) is 4.79 Å². The number of rotatable bonds is 5. The van der Waals surface area contributed by atoms with Crippen molar-refractivity contribution in [3.63, 3.8) is 0 Å². The molecule has 1 aliphatic heterocycles. The van der Waals surface area contributed by atoms with Crippen molar-refractivity contribution in [2.24, 2.45) is 17.6 Å². The first-order chi connectivity index (χ1) is 7.63. The summed E-state index contributed by atoms with van der Waals surface area (Å²) < 4.78 is 5.31. The molecule has 5 heteroatoms. The summed E-state index contributed by atoms with van der Waals surface area (Å²) in [6.45, 7) is 6.13. The van der Waals surface area contributed by atoms with Crippen LogP contribution in [0.5, 0.6) is 0 Å². The molecule has 1 rings (SSSR count). The molecule has 1 saturated heterocycles. The van der Waals surface area contributed by atoms with E-state index in [1.54, 1.807) is 0 Å². The van der Waals surface area contributed by atoms with E-state index in [0.717, 1.165) is 25.9 Å². The maximum absolute atomic E-state index is 11.9. The predicted octanol–water partition coefficient (Wildman–Crippen LogP) is 1.32. The highest BCUT2D eigenvalue weighted by Gasteiger charge is 2.23. The van der Waals surface area contributed by atoms with Gasteiger partial charge in [0, 0.05) is 19.2 Å². The van der Waals surface area contributed by atoms with Crippen LogP contribution in [0.15, 0.2) is 0 Å². The zero-order valence-corrected chi connectivity index (χ0v) is 11.6. The Kier molecular flexibility index (Phi) is 8.56. The molecule has 0 aliphatic carbocycles. The minimum atomic E-state index is 0. The lowest BCUT2D eigenvalue weighted by molar-refractivity contribution is -0.129. The van der Waals surface area contributed by atoms with Gasteiger partial charge in [0.2, 0.25) is 5.91 Å². The van der Waals surface area contributed by atoms with E-state index in [0.29, 0.717) is 19.1 Å². The number of nitrogens with two attached hydrogens (primary N) is 1. The van der Waals surface area contributed by atoms with Gasteiger partial charge >= 0.3 is 0 Å². The lowest BCUT2D eigenvalue weighted by Crippen LogP contribution is -2.45. The minimum Gasteiger partial charge on any atom is -0.381 e. The second-order valence-electron chi connectivity index (χ2n) is 4.98. The first-order valence-electron chi connectivity index (χ1n) is 6.21. The van der Waals surface area contributed by atoms with Gasteiger partial charge in [-0.15, -0.1) is 12.4 Å². The molecule has 1 heterocycles. The lowest BCUT2D eigenvalue weighted by Gasteiger charge is -2.25. The zero-order chi connectivity index (χ0) is 12.0.